The molecule has 0 fully saturated rings. The summed E-state index contributed by atoms with van der Waals surface area (Å²) in [6.45, 7) is 8.71. The second kappa shape index (κ2) is 2.99. The molecule has 1 N–H and O–H groups in total. The van der Waals surface area contributed by atoms with Gasteiger partial charge in [-0.05, 0) is 12.1 Å². The summed E-state index contributed by atoms with van der Waals surface area (Å²) in [5, 5.41) is 2.68. The Morgan fingerprint density at radius 2 is 2.27 bits per heavy atom. The third kappa shape index (κ3) is 1.17. The van der Waals surface area contributed by atoms with Crippen LogP contribution in [0.3, 0.4) is 0 Å². The summed E-state index contributed by atoms with van der Waals surface area (Å²) >= 11 is 0. The molecule has 2 rings (SSSR count). The highest BCUT2D eigenvalue weighted by molar-refractivity contribution is 6.07. The Bertz CT molecular complexity index is 476. The first-order valence-electron chi connectivity index (χ1n) is 4.50. The molecule has 15 heavy (non-hydrogen) atoms. The number of hydrogen-bond donors (Lipinski definition) is 1. The number of nitrogens with one attached hydrogen (secondary N) is 1. The van der Waals surface area contributed by atoms with Crippen molar-refractivity contribution in [2.24, 2.45) is 0 Å². The number of benzene rings is 1. The minimum absolute atomic E-state index is 0.277. The molecule has 1 aliphatic heterocycles. The van der Waals surface area contributed by atoms with Gasteiger partial charge >= 0.3 is 11.4 Å². The summed E-state index contributed by atoms with van der Waals surface area (Å²) in [4.78, 5) is 15.0. The van der Waals surface area contributed by atoms with E-state index in [1.165, 1.54) is 0 Å². The summed E-state index contributed by atoms with van der Waals surface area (Å²) in [6, 6.07) is 5.23. The predicted octanol–water partition coefficient (Wildman–Crippen LogP) is 1.78. The Hall–Kier alpha value is -2.02. The summed E-state index contributed by atoms with van der Waals surface area (Å²) in [5.74, 6) is 0.393. The lowest BCUT2D eigenvalue weighted by molar-refractivity contribution is -0.118. The molecular weight excluding hydrogens is 192 g/mol. The van der Waals surface area contributed by atoms with Gasteiger partial charge in [-0.3, -0.25) is 9.64 Å². The normalized spacial score (nSPS) is 22.9. The van der Waals surface area contributed by atoms with E-state index < -0.39 is 5.54 Å². The fourth-order valence-electron chi connectivity index (χ4n) is 1.66. The van der Waals surface area contributed by atoms with Gasteiger partial charge in [0.1, 0.15) is 5.75 Å². The first-order chi connectivity index (χ1) is 7.11. The van der Waals surface area contributed by atoms with Crippen LogP contribution in [0.15, 0.2) is 18.2 Å². The molecule has 1 atom stereocenters. The van der Waals surface area contributed by atoms with Gasteiger partial charge in [0.15, 0.2) is 0 Å². The van der Waals surface area contributed by atoms with Gasteiger partial charge in [0.2, 0.25) is 0 Å². The number of fused-ring (bicyclic) bond motifs is 1. The predicted molar refractivity (Wildman–Crippen MR) is 55.6 cm³/mol. The number of rotatable bonds is 1. The van der Waals surface area contributed by atoms with Crippen LogP contribution in [0.1, 0.15) is 12.5 Å². The average Bonchev–Trinajstić information content (AvgIpc) is 2.51. The minimum Gasteiger partial charge on any atom is -0.497 e. The number of carbonyl (C=O) groups is 1. The minimum atomic E-state index is -1.10. The number of amides is 1. The van der Waals surface area contributed by atoms with Crippen LogP contribution < -0.4 is 10.1 Å². The molecule has 0 saturated carbocycles. The van der Waals surface area contributed by atoms with E-state index in [4.69, 9.17) is 11.3 Å². The van der Waals surface area contributed by atoms with E-state index in [0.29, 0.717) is 17.0 Å². The summed E-state index contributed by atoms with van der Waals surface area (Å²) < 4.78 is 5.05. The first-order valence-corrected chi connectivity index (χ1v) is 4.50. The lowest BCUT2D eigenvalue weighted by Crippen LogP contribution is -2.26. The monoisotopic (exact) mass is 202 g/mol. The molecule has 4 nitrogen and oxygen atoms in total. The molecule has 76 valence electrons. The van der Waals surface area contributed by atoms with E-state index in [9.17, 15) is 4.79 Å². The Labute approximate surface area is 87.7 Å². The zero-order valence-corrected chi connectivity index (χ0v) is 8.50. The third-order valence-electron chi connectivity index (χ3n) is 2.67. The Morgan fingerprint density at radius 1 is 1.53 bits per heavy atom. The maximum atomic E-state index is 11.6. The van der Waals surface area contributed by atoms with Crippen molar-refractivity contribution in [2.75, 3.05) is 12.4 Å². The second-order valence-corrected chi connectivity index (χ2v) is 3.55. The van der Waals surface area contributed by atoms with Crippen LogP contribution >= 0.6 is 0 Å². The Balaban J connectivity index is 2.59. The molecule has 0 aliphatic carbocycles. The van der Waals surface area contributed by atoms with E-state index in [0.717, 1.165) is 0 Å². The molecule has 0 spiro atoms. The average molecular weight is 202 g/mol. The number of nitrogens with zero attached hydrogens (tertiary/aromatic N) is 1. The molecule has 1 aliphatic rings. The quantitative estimate of drug-likeness (QED) is 0.705. The van der Waals surface area contributed by atoms with Crippen molar-refractivity contribution in [1.82, 2.24) is 0 Å². The molecule has 4 heteroatoms. The van der Waals surface area contributed by atoms with E-state index in [2.05, 4.69) is 10.2 Å². The van der Waals surface area contributed by atoms with Gasteiger partial charge in [-0.15, -0.1) is 0 Å². The molecule has 0 radical (unpaired) electrons. The van der Waals surface area contributed by atoms with Crippen LogP contribution in [0.5, 0.6) is 5.75 Å². The zero-order chi connectivity index (χ0) is 11.1. The molecule has 1 aromatic carbocycles. The van der Waals surface area contributed by atoms with E-state index in [1.807, 2.05) is 0 Å². The third-order valence-corrected chi connectivity index (χ3v) is 2.67. The van der Waals surface area contributed by atoms with Crippen molar-refractivity contribution in [3.05, 3.63) is 35.2 Å². The van der Waals surface area contributed by atoms with Gasteiger partial charge < -0.3 is 10.1 Å². The van der Waals surface area contributed by atoms with Crippen molar-refractivity contribution in [1.29, 1.82) is 0 Å². The molecule has 1 amide bonds. The number of ether oxygens (including phenoxy) is 1. The highest BCUT2D eigenvalue weighted by Crippen LogP contribution is 2.40. The summed E-state index contributed by atoms with van der Waals surface area (Å²) in [5.41, 5.74) is 0.280. The van der Waals surface area contributed by atoms with Gasteiger partial charge in [0, 0.05) is 13.0 Å². The van der Waals surface area contributed by atoms with Crippen molar-refractivity contribution in [3.8, 4) is 5.75 Å². The number of carbonyl (C=O) groups excluding carboxylic acids is 1. The molecular formula is C11H10N2O2. The Morgan fingerprint density at radius 3 is 2.87 bits per heavy atom. The van der Waals surface area contributed by atoms with Crippen LogP contribution in [-0.2, 0) is 10.3 Å². The molecule has 1 aromatic rings. The largest absolute Gasteiger partial charge is 0.497 e. The van der Waals surface area contributed by atoms with Crippen molar-refractivity contribution < 1.29 is 9.53 Å². The molecule has 0 aromatic heterocycles. The van der Waals surface area contributed by atoms with E-state index in [-0.39, 0.29) is 5.91 Å². The van der Waals surface area contributed by atoms with E-state index in [1.54, 1.807) is 32.2 Å². The van der Waals surface area contributed by atoms with Crippen LogP contribution in [-0.4, -0.2) is 13.0 Å². The van der Waals surface area contributed by atoms with Gasteiger partial charge in [0.25, 0.3) is 0 Å². The smallest absolute Gasteiger partial charge is 0.333 e. The number of anilines is 1. The van der Waals surface area contributed by atoms with Gasteiger partial charge in [-0.25, -0.2) is 6.57 Å². The highest BCUT2D eigenvalue weighted by Gasteiger charge is 2.49. The highest BCUT2D eigenvalue weighted by atomic mass is 16.5. The van der Waals surface area contributed by atoms with Crippen LogP contribution in [0.2, 0.25) is 0 Å². The molecule has 1 unspecified atom stereocenters. The zero-order valence-electron chi connectivity index (χ0n) is 8.50. The SMILES string of the molecule is [C-]#[N+]C1(C)C(=O)Nc2cc(OC)ccc21. The fraction of sp³-hybridized carbons (Fsp3) is 0.273. The van der Waals surface area contributed by atoms with Crippen molar-refractivity contribution >= 4 is 11.6 Å². The van der Waals surface area contributed by atoms with Gasteiger partial charge in [-0.1, -0.05) is 0 Å². The van der Waals surface area contributed by atoms with Crippen LogP contribution in [0, 0.1) is 6.57 Å². The van der Waals surface area contributed by atoms with Crippen LogP contribution in [0.25, 0.3) is 4.85 Å². The van der Waals surface area contributed by atoms with Gasteiger partial charge in [0.05, 0.1) is 18.4 Å². The lowest BCUT2D eigenvalue weighted by Gasteiger charge is -2.07. The van der Waals surface area contributed by atoms with Gasteiger partial charge in [-0.2, -0.15) is 0 Å². The van der Waals surface area contributed by atoms with Crippen LogP contribution in [0.4, 0.5) is 5.69 Å². The maximum Gasteiger partial charge on any atom is 0.333 e. The van der Waals surface area contributed by atoms with Crippen molar-refractivity contribution in [3.63, 3.8) is 0 Å². The summed E-state index contributed by atoms with van der Waals surface area (Å²) in [6.07, 6.45) is 0. The Kier molecular flexibility index (Phi) is 1.90. The molecule has 1 heterocycles. The maximum absolute atomic E-state index is 11.6. The lowest BCUT2D eigenvalue weighted by atomic mass is 9.95. The van der Waals surface area contributed by atoms with E-state index >= 15 is 0 Å². The topological polar surface area (TPSA) is 42.7 Å². The number of hydrogen-bond acceptors (Lipinski definition) is 2. The standard InChI is InChI=1S/C11H10N2O2/c1-11(12-2)8-5-4-7(15-3)6-9(8)13-10(11)14/h4-6H,1,3H3,(H,13,14). The summed E-state index contributed by atoms with van der Waals surface area (Å²) in [7, 11) is 1.56. The fourth-order valence-corrected chi connectivity index (χ4v) is 1.66. The van der Waals surface area contributed by atoms with Crippen molar-refractivity contribution in [2.45, 2.75) is 12.5 Å². The molecule has 0 saturated heterocycles. The molecule has 0 bridgehead atoms. The number of methoxy groups -OCH3 is 1. The second-order valence-electron chi connectivity index (χ2n) is 3.55. The first kappa shape index (κ1) is 9.53.